The van der Waals surface area contributed by atoms with Crippen LogP contribution in [0.25, 0.3) is 0 Å². The lowest BCUT2D eigenvalue weighted by Crippen LogP contribution is -2.39. The number of rotatable bonds is 4. The van der Waals surface area contributed by atoms with Crippen LogP contribution >= 0.6 is 0 Å². The highest BCUT2D eigenvalue weighted by Gasteiger charge is 2.57. The summed E-state index contributed by atoms with van der Waals surface area (Å²) in [5.41, 5.74) is 1.48. The van der Waals surface area contributed by atoms with E-state index < -0.39 is 34.5 Å². The van der Waals surface area contributed by atoms with Crippen LogP contribution in [0, 0.1) is 21.8 Å². The molecule has 8 nitrogen and oxygen atoms in total. The third-order valence-electron chi connectivity index (χ3n) is 5.51. The number of hydrogen-bond acceptors (Lipinski definition) is 6. The molecular weight excluding hydrogens is 415 g/mol. The number of nitrogens with zero attached hydrogens (tertiary/aromatic N) is 4. The Kier molecular flexibility index (Phi) is 4.51. The maximum absolute atomic E-state index is 13.8. The molecule has 3 aromatic carbocycles. The fraction of sp³-hybridized carbons (Fsp3) is 0.0870. The molecule has 3 aromatic rings. The number of carbonyl (C=O) groups is 2. The Hall–Kier alpha value is -4.40. The van der Waals surface area contributed by atoms with Crippen molar-refractivity contribution in [1.82, 2.24) is 0 Å². The summed E-state index contributed by atoms with van der Waals surface area (Å²) in [5, 5.41) is 17.1. The minimum absolute atomic E-state index is 0.0981. The molecule has 0 aromatic heterocycles. The van der Waals surface area contributed by atoms with E-state index in [0.717, 1.165) is 11.0 Å². The van der Waals surface area contributed by atoms with Crippen molar-refractivity contribution >= 4 is 34.6 Å². The van der Waals surface area contributed by atoms with Crippen LogP contribution in [-0.4, -0.2) is 28.5 Å². The second-order valence-corrected chi connectivity index (χ2v) is 7.38. The predicted octanol–water partition coefficient (Wildman–Crippen LogP) is 3.52. The van der Waals surface area contributed by atoms with Gasteiger partial charge in [-0.1, -0.05) is 24.3 Å². The first kappa shape index (κ1) is 19.6. The number of fused-ring (bicyclic) bond motifs is 1. The number of nitro benzene ring substituents is 1. The summed E-state index contributed by atoms with van der Waals surface area (Å²) in [7, 11) is 0. The molecule has 1 saturated heterocycles. The highest BCUT2D eigenvalue weighted by molar-refractivity contribution is 6.34. The number of hydrazone groups is 1. The van der Waals surface area contributed by atoms with Gasteiger partial charge in [0.25, 0.3) is 11.6 Å². The second kappa shape index (κ2) is 7.38. The van der Waals surface area contributed by atoms with Gasteiger partial charge >= 0.3 is 0 Å². The van der Waals surface area contributed by atoms with Gasteiger partial charge in [-0.25, -0.2) is 9.29 Å². The molecule has 2 heterocycles. The number of amides is 2. The number of non-ortho nitro benzene ring substituents is 1. The second-order valence-electron chi connectivity index (χ2n) is 7.38. The predicted molar refractivity (Wildman–Crippen MR) is 115 cm³/mol. The lowest BCUT2D eigenvalue weighted by molar-refractivity contribution is -0.384. The molecule has 0 spiro atoms. The summed E-state index contributed by atoms with van der Waals surface area (Å²) < 4.78 is 13.8. The number of nitro groups is 1. The summed E-state index contributed by atoms with van der Waals surface area (Å²) in [5.74, 6) is -2.55. The van der Waals surface area contributed by atoms with Crippen molar-refractivity contribution in [2.45, 2.75) is 6.04 Å². The molecule has 2 aliphatic heterocycles. The van der Waals surface area contributed by atoms with Crippen LogP contribution in [0.1, 0.15) is 5.56 Å². The van der Waals surface area contributed by atoms with Gasteiger partial charge in [0.1, 0.15) is 17.8 Å². The number of carbonyl (C=O) groups excluding carboxylic acids is 2. The monoisotopic (exact) mass is 430 g/mol. The molecule has 0 bridgehead atoms. The van der Waals surface area contributed by atoms with Crippen LogP contribution in [0.3, 0.4) is 0 Å². The van der Waals surface area contributed by atoms with Gasteiger partial charge < -0.3 is 0 Å². The summed E-state index contributed by atoms with van der Waals surface area (Å²) in [6, 6.07) is 18.9. The number of para-hydroxylation sites is 1. The standard InChI is InChI=1S/C23H15FN4O4/c24-15-5-4-8-18(13-15)26-22(29)19-20(14-9-11-17(12-10-14)28(31)32)25-27(21(19)23(26)30)16-6-2-1-3-7-16/h1-13,19,21H/t19-,21-/m1/s1. The molecule has 2 atom stereocenters. The third kappa shape index (κ3) is 3.02. The normalized spacial score (nSPS) is 19.8. The maximum Gasteiger partial charge on any atom is 0.269 e. The van der Waals surface area contributed by atoms with Gasteiger partial charge in [0, 0.05) is 12.1 Å². The Morgan fingerprint density at radius 2 is 1.56 bits per heavy atom. The van der Waals surface area contributed by atoms with E-state index in [4.69, 9.17) is 0 Å². The Bertz CT molecular complexity index is 1280. The quantitative estimate of drug-likeness (QED) is 0.359. The lowest BCUT2D eigenvalue weighted by Gasteiger charge is -2.22. The van der Waals surface area contributed by atoms with Gasteiger partial charge in [0.2, 0.25) is 5.91 Å². The van der Waals surface area contributed by atoms with Crippen LogP contribution < -0.4 is 9.91 Å². The topological polar surface area (TPSA) is 96.1 Å². The van der Waals surface area contributed by atoms with Crippen molar-refractivity contribution in [3.8, 4) is 0 Å². The molecule has 0 unspecified atom stereocenters. The van der Waals surface area contributed by atoms with Gasteiger partial charge in [-0.15, -0.1) is 0 Å². The molecule has 0 N–H and O–H groups in total. The van der Waals surface area contributed by atoms with Gasteiger partial charge in [-0.2, -0.15) is 5.10 Å². The van der Waals surface area contributed by atoms with Gasteiger partial charge in [0.05, 0.1) is 22.0 Å². The average molecular weight is 430 g/mol. The van der Waals surface area contributed by atoms with Gasteiger partial charge in [-0.05, 0) is 48.0 Å². The highest BCUT2D eigenvalue weighted by Crippen LogP contribution is 2.39. The summed E-state index contributed by atoms with van der Waals surface area (Å²) >= 11 is 0. The Morgan fingerprint density at radius 1 is 0.875 bits per heavy atom. The molecule has 0 aliphatic carbocycles. The molecule has 0 saturated carbocycles. The maximum atomic E-state index is 13.8. The van der Waals surface area contributed by atoms with Crippen molar-refractivity contribution in [3.05, 3.63) is 100 Å². The van der Waals surface area contributed by atoms with E-state index >= 15 is 0 Å². The van der Waals surface area contributed by atoms with E-state index in [-0.39, 0.29) is 11.4 Å². The number of benzene rings is 3. The van der Waals surface area contributed by atoms with Crippen LogP contribution in [0.2, 0.25) is 0 Å². The smallest absolute Gasteiger partial charge is 0.269 e. The number of hydrogen-bond donors (Lipinski definition) is 0. The van der Waals surface area contributed by atoms with E-state index in [0.29, 0.717) is 17.0 Å². The molecule has 2 aliphatic rings. The van der Waals surface area contributed by atoms with Gasteiger partial charge in [0.15, 0.2) is 0 Å². The molecule has 1 fully saturated rings. The summed E-state index contributed by atoms with van der Waals surface area (Å²) in [4.78, 5) is 38.3. The minimum Gasteiger partial charge on any atom is -0.273 e. The zero-order valence-corrected chi connectivity index (χ0v) is 16.5. The molecular formula is C23H15FN4O4. The van der Waals surface area contributed by atoms with Crippen LogP contribution in [0.5, 0.6) is 0 Å². The number of imide groups is 1. The fourth-order valence-corrected chi connectivity index (χ4v) is 4.07. The van der Waals surface area contributed by atoms with Crippen molar-refractivity contribution in [2.75, 3.05) is 9.91 Å². The van der Waals surface area contributed by atoms with E-state index in [9.17, 15) is 24.1 Å². The Morgan fingerprint density at radius 3 is 2.22 bits per heavy atom. The van der Waals surface area contributed by atoms with Gasteiger partial charge in [-0.3, -0.25) is 24.7 Å². The number of anilines is 2. The third-order valence-corrected chi connectivity index (χ3v) is 5.51. The van der Waals surface area contributed by atoms with E-state index in [1.807, 2.05) is 6.07 Å². The summed E-state index contributed by atoms with van der Waals surface area (Å²) in [6.07, 6.45) is 0. The van der Waals surface area contributed by atoms with E-state index in [2.05, 4.69) is 5.10 Å². The molecule has 9 heteroatoms. The first-order chi connectivity index (χ1) is 15.5. The highest BCUT2D eigenvalue weighted by atomic mass is 19.1. The number of halogens is 1. The van der Waals surface area contributed by atoms with Crippen LogP contribution in [0.4, 0.5) is 21.5 Å². The zero-order chi connectivity index (χ0) is 22.4. The minimum atomic E-state index is -0.946. The van der Waals surface area contributed by atoms with Crippen molar-refractivity contribution < 1.29 is 18.9 Å². The average Bonchev–Trinajstić information content (AvgIpc) is 3.31. The van der Waals surface area contributed by atoms with Crippen molar-refractivity contribution in [3.63, 3.8) is 0 Å². The SMILES string of the molecule is O=C1[C@@H]2C(c3ccc([N+](=O)[O-])cc3)=NN(c3ccccc3)[C@H]2C(=O)N1c1cccc(F)c1. The van der Waals surface area contributed by atoms with Crippen molar-refractivity contribution in [1.29, 1.82) is 0 Å². The van der Waals surface area contributed by atoms with E-state index in [1.54, 1.807) is 24.3 Å². The molecule has 32 heavy (non-hydrogen) atoms. The fourth-order valence-electron chi connectivity index (χ4n) is 4.07. The lowest BCUT2D eigenvalue weighted by atomic mass is 9.92. The summed E-state index contributed by atoms with van der Waals surface area (Å²) in [6.45, 7) is 0. The Balaban J connectivity index is 1.62. The van der Waals surface area contributed by atoms with Crippen LogP contribution in [-0.2, 0) is 9.59 Å². The largest absolute Gasteiger partial charge is 0.273 e. The van der Waals surface area contributed by atoms with Crippen molar-refractivity contribution in [2.24, 2.45) is 11.0 Å². The molecule has 2 amide bonds. The first-order valence-corrected chi connectivity index (χ1v) is 9.76. The Labute approximate surface area is 181 Å². The van der Waals surface area contributed by atoms with Crippen LogP contribution in [0.15, 0.2) is 84.0 Å². The molecule has 0 radical (unpaired) electrons. The molecule has 5 rings (SSSR count). The first-order valence-electron chi connectivity index (χ1n) is 9.76. The van der Waals surface area contributed by atoms with E-state index in [1.165, 1.54) is 47.5 Å². The molecule has 158 valence electrons. The zero-order valence-electron chi connectivity index (χ0n) is 16.5.